The molecule has 1 aromatic rings. The van der Waals surface area contributed by atoms with E-state index in [2.05, 4.69) is 0 Å². The number of methoxy groups -OCH3 is 1. The van der Waals surface area contributed by atoms with Crippen LogP contribution in [0.2, 0.25) is 0 Å². The first-order chi connectivity index (χ1) is 7.93. The fourth-order valence-electron chi connectivity index (χ4n) is 2.41. The number of aryl methyl sites for hydroxylation is 1. The molecule has 0 spiro atoms. The number of fused-ring (bicyclic) bond motifs is 1. The summed E-state index contributed by atoms with van der Waals surface area (Å²) in [6, 6.07) is 5.20. The van der Waals surface area contributed by atoms with Gasteiger partial charge in [0.15, 0.2) is 9.84 Å². The zero-order chi connectivity index (χ0) is 12.6. The van der Waals surface area contributed by atoms with Gasteiger partial charge in [-0.3, -0.25) is 0 Å². The van der Waals surface area contributed by atoms with Gasteiger partial charge in [-0.1, -0.05) is 6.07 Å². The summed E-state index contributed by atoms with van der Waals surface area (Å²) in [7, 11) is -1.47. The van der Waals surface area contributed by atoms with Crippen molar-refractivity contribution in [3.05, 3.63) is 29.3 Å². The lowest BCUT2D eigenvalue weighted by Crippen LogP contribution is -2.37. The summed E-state index contributed by atoms with van der Waals surface area (Å²) in [5.74, 6) is 0.786. The van der Waals surface area contributed by atoms with E-state index in [9.17, 15) is 8.42 Å². The van der Waals surface area contributed by atoms with Crippen molar-refractivity contribution in [3.63, 3.8) is 0 Å². The highest BCUT2D eigenvalue weighted by molar-refractivity contribution is 7.91. The first-order valence-corrected chi connectivity index (χ1v) is 7.50. The van der Waals surface area contributed by atoms with E-state index in [1.54, 1.807) is 7.11 Å². The van der Waals surface area contributed by atoms with Gasteiger partial charge in [-0.2, -0.15) is 0 Å². The van der Waals surface area contributed by atoms with Crippen LogP contribution in [0.5, 0.6) is 5.75 Å². The van der Waals surface area contributed by atoms with Gasteiger partial charge < -0.3 is 10.5 Å². The van der Waals surface area contributed by atoms with Crippen molar-refractivity contribution < 1.29 is 13.2 Å². The molecule has 2 N–H and O–H groups in total. The van der Waals surface area contributed by atoms with E-state index in [-0.39, 0.29) is 0 Å². The Labute approximate surface area is 102 Å². The number of hydrogen-bond donors (Lipinski definition) is 1. The Hall–Kier alpha value is -1.07. The van der Waals surface area contributed by atoms with E-state index in [1.165, 1.54) is 6.26 Å². The van der Waals surface area contributed by atoms with Crippen LogP contribution in [-0.2, 0) is 16.3 Å². The summed E-state index contributed by atoms with van der Waals surface area (Å²) in [5.41, 5.74) is 8.07. The fourth-order valence-corrected chi connectivity index (χ4v) is 3.63. The van der Waals surface area contributed by atoms with Gasteiger partial charge in [0, 0.05) is 12.3 Å². The molecule has 1 aliphatic rings. The smallest absolute Gasteiger partial charge is 0.152 e. The Balaban J connectivity index is 2.40. The lowest BCUT2D eigenvalue weighted by atomic mass is 9.87. The van der Waals surface area contributed by atoms with Crippen LogP contribution >= 0.6 is 0 Å². The van der Waals surface area contributed by atoms with Crippen LogP contribution in [0.4, 0.5) is 0 Å². The second-order valence-corrected chi connectivity index (χ2v) is 6.76. The predicted octanol–water partition coefficient (Wildman–Crippen LogP) is 1.05. The first kappa shape index (κ1) is 12.4. The van der Waals surface area contributed by atoms with Crippen LogP contribution in [0.3, 0.4) is 0 Å². The largest absolute Gasteiger partial charge is 0.497 e. The van der Waals surface area contributed by atoms with Crippen molar-refractivity contribution in [1.82, 2.24) is 0 Å². The maximum absolute atomic E-state index is 11.6. The minimum absolute atomic E-state index is 0.431. The monoisotopic (exact) mass is 255 g/mol. The zero-order valence-electron chi connectivity index (χ0n) is 10.0. The van der Waals surface area contributed by atoms with E-state index in [1.807, 2.05) is 18.2 Å². The second kappa shape index (κ2) is 4.31. The van der Waals surface area contributed by atoms with Gasteiger partial charge in [0.1, 0.15) is 5.75 Å². The third-order valence-electron chi connectivity index (χ3n) is 3.36. The van der Waals surface area contributed by atoms with E-state index in [4.69, 9.17) is 10.5 Å². The topological polar surface area (TPSA) is 69.4 Å². The summed E-state index contributed by atoms with van der Waals surface area (Å²) in [5, 5.41) is -0.469. The molecule has 0 fully saturated rings. The van der Waals surface area contributed by atoms with Crippen LogP contribution in [0.1, 0.15) is 23.6 Å². The molecule has 0 bridgehead atoms. The Morgan fingerprint density at radius 1 is 1.41 bits per heavy atom. The van der Waals surface area contributed by atoms with Gasteiger partial charge in [-0.25, -0.2) is 8.42 Å². The van der Waals surface area contributed by atoms with Crippen molar-refractivity contribution in [2.45, 2.75) is 24.1 Å². The van der Waals surface area contributed by atoms with Crippen molar-refractivity contribution in [1.29, 1.82) is 0 Å². The Morgan fingerprint density at radius 2 is 2.12 bits per heavy atom. The molecule has 2 rings (SSSR count). The summed E-state index contributed by atoms with van der Waals surface area (Å²) in [4.78, 5) is 0. The minimum Gasteiger partial charge on any atom is -0.497 e. The number of hydrogen-bond acceptors (Lipinski definition) is 4. The maximum Gasteiger partial charge on any atom is 0.152 e. The highest BCUT2D eigenvalue weighted by Gasteiger charge is 2.33. The molecule has 4 nitrogen and oxygen atoms in total. The van der Waals surface area contributed by atoms with Crippen LogP contribution in [0.25, 0.3) is 0 Å². The molecule has 0 aliphatic heterocycles. The second-order valence-electron chi connectivity index (χ2n) is 4.50. The van der Waals surface area contributed by atoms with Gasteiger partial charge in [0.2, 0.25) is 0 Å². The quantitative estimate of drug-likeness (QED) is 0.857. The molecule has 2 atom stereocenters. The van der Waals surface area contributed by atoms with E-state index in [0.29, 0.717) is 6.42 Å². The number of benzene rings is 1. The van der Waals surface area contributed by atoms with Crippen molar-refractivity contribution in [3.8, 4) is 5.75 Å². The molecule has 1 aromatic carbocycles. The SMILES string of the molecule is COc1ccc2c(c1)CCC(S(C)(=O)=O)C2N. The highest BCUT2D eigenvalue weighted by Crippen LogP contribution is 2.33. The number of nitrogens with two attached hydrogens (primary N) is 1. The van der Waals surface area contributed by atoms with Gasteiger partial charge in [0.05, 0.1) is 12.4 Å². The molecular weight excluding hydrogens is 238 g/mol. The van der Waals surface area contributed by atoms with Crippen LogP contribution in [0.15, 0.2) is 18.2 Å². The molecule has 2 unspecified atom stereocenters. The van der Waals surface area contributed by atoms with Gasteiger partial charge in [0.25, 0.3) is 0 Å². The molecule has 0 saturated heterocycles. The molecule has 0 aromatic heterocycles. The Morgan fingerprint density at radius 3 is 2.71 bits per heavy atom. The molecule has 0 radical (unpaired) electrons. The summed E-state index contributed by atoms with van der Waals surface area (Å²) in [6.07, 6.45) is 2.57. The van der Waals surface area contributed by atoms with E-state index >= 15 is 0 Å². The maximum atomic E-state index is 11.6. The molecule has 5 heteroatoms. The third-order valence-corrected chi connectivity index (χ3v) is 4.99. The zero-order valence-corrected chi connectivity index (χ0v) is 10.8. The molecule has 1 aliphatic carbocycles. The fraction of sp³-hybridized carbons (Fsp3) is 0.500. The first-order valence-electron chi connectivity index (χ1n) is 5.54. The molecule has 0 saturated carbocycles. The summed E-state index contributed by atoms with van der Waals surface area (Å²) in [6.45, 7) is 0. The molecule has 0 amide bonds. The number of rotatable bonds is 2. The van der Waals surface area contributed by atoms with E-state index < -0.39 is 21.1 Å². The summed E-state index contributed by atoms with van der Waals surface area (Å²) < 4.78 is 28.4. The average Bonchev–Trinajstić information content (AvgIpc) is 2.27. The van der Waals surface area contributed by atoms with Crippen molar-refractivity contribution in [2.24, 2.45) is 5.73 Å². The van der Waals surface area contributed by atoms with Gasteiger partial charge >= 0.3 is 0 Å². The predicted molar refractivity (Wildman–Crippen MR) is 66.9 cm³/mol. The van der Waals surface area contributed by atoms with Crippen LogP contribution < -0.4 is 10.5 Å². The number of sulfone groups is 1. The summed E-state index contributed by atoms with van der Waals surface area (Å²) >= 11 is 0. The highest BCUT2D eigenvalue weighted by atomic mass is 32.2. The standard InChI is InChI=1S/C12H17NO3S/c1-16-9-4-5-10-8(7-9)3-6-11(12(10)13)17(2,14)15/h4-5,7,11-12H,3,6,13H2,1-2H3. The molecule has 17 heavy (non-hydrogen) atoms. The van der Waals surface area contributed by atoms with Crippen molar-refractivity contribution in [2.75, 3.05) is 13.4 Å². The third kappa shape index (κ3) is 2.30. The Bertz CT molecular complexity index is 525. The molecular formula is C12H17NO3S. The number of ether oxygens (including phenoxy) is 1. The van der Waals surface area contributed by atoms with E-state index in [0.717, 1.165) is 23.3 Å². The van der Waals surface area contributed by atoms with Crippen LogP contribution in [0, 0.1) is 0 Å². The normalized spacial score (nSPS) is 24.2. The van der Waals surface area contributed by atoms with Gasteiger partial charge in [-0.05, 0) is 36.1 Å². The lowest BCUT2D eigenvalue weighted by molar-refractivity contribution is 0.413. The molecule has 94 valence electrons. The molecule has 0 heterocycles. The minimum atomic E-state index is -3.09. The van der Waals surface area contributed by atoms with Crippen LogP contribution in [-0.4, -0.2) is 27.0 Å². The lowest BCUT2D eigenvalue weighted by Gasteiger charge is -2.29. The van der Waals surface area contributed by atoms with Crippen molar-refractivity contribution >= 4 is 9.84 Å². The van der Waals surface area contributed by atoms with Gasteiger partial charge in [-0.15, -0.1) is 0 Å². The average molecular weight is 255 g/mol. The Kier molecular flexibility index (Phi) is 3.14.